The molecule has 2 amide bonds. The van der Waals surface area contributed by atoms with E-state index in [1.54, 1.807) is 11.3 Å². The summed E-state index contributed by atoms with van der Waals surface area (Å²) in [5.41, 5.74) is 1.62. The summed E-state index contributed by atoms with van der Waals surface area (Å²) in [5.74, 6) is -0.611. The lowest BCUT2D eigenvalue weighted by atomic mass is 9.90. The van der Waals surface area contributed by atoms with E-state index in [9.17, 15) is 9.59 Å². The molecule has 0 aliphatic carbocycles. The minimum absolute atomic E-state index is 0.0941. The van der Waals surface area contributed by atoms with Crippen molar-refractivity contribution in [2.75, 3.05) is 5.32 Å². The highest BCUT2D eigenvalue weighted by Crippen LogP contribution is 2.32. The largest absolute Gasteiger partial charge is 0.351 e. The van der Waals surface area contributed by atoms with Gasteiger partial charge in [-0.15, -0.1) is 11.3 Å². The molecule has 1 atom stereocenters. The molecular weight excluding hydrogens is 284 g/mol. The van der Waals surface area contributed by atoms with Crippen LogP contribution >= 0.6 is 11.3 Å². The van der Waals surface area contributed by atoms with Crippen molar-refractivity contribution in [3.63, 3.8) is 0 Å². The van der Waals surface area contributed by atoms with Gasteiger partial charge in [-0.2, -0.15) is 0 Å². The number of nitrogens with one attached hydrogen (secondary N) is 2. The van der Waals surface area contributed by atoms with Gasteiger partial charge in [0, 0.05) is 21.9 Å². The van der Waals surface area contributed by atoms with Gasteiger partial charge in [-0.3, -0.25) is 9.59 Å². The van der Waals surface area contributed by atoms with Crippen molar-refractivity contribution >= 4 is 28.8 Å². The lowest BCUT2D eigenvalue weighted by Gasteiger charge is -2.24. The Hall–Kier alpha value is -2.14. The Morgan fingerprint density at radius 3 is 2.90 bits per heavy atom. The van der Waals surface area contributed by atoms with Crippen LogP contribution in [-0.4, -0.2) is 11.8 Å². The Morgan fingerprint density at radius 2 is 2.14 bits per heavy atom. The number of rotatable bonds is 3. The first kappa shape index (κ1) is 13.8. The van der Waals surface area contributed by atoms with Gasteiger partial charge in [-0.1, -0.05) is 18.2 Å². The number of carbonyl (C=O) groups is 2. The first-order valence-corrected chi connectivity index (χ1v) is 7.67. The van der Waals surface area contributed by atoms with E-state index in [2.05, 4.69) is 10.6 Å². The summed E-state index contributed by atoms with van der Waals surface area (Å²) >= 11 is 1.67. The van der Waals surface area contributed by atoms with Crippen LogP contribution in [0.2, 0.25) is 0 Å². The second kappa shape index (κ2) is 5.69. The van der Waals surface area contributed by atoms with E-state index in [0.717, 1.165) is 16.1 Å². The number of carbonyl (C=O) groups excluding carboxylic acids is 2. The van der Waals surface area contributed by atoms with Crippen molar-refractivity contribution in [1.82, 2.24) is 5.32 Å². The van der Waals surface area contributed by atoms with E-state index in [1.807, 2.05) is 43.3 Å². The Labute approximate surface area is 127 Å². The van der Waals surface area contributed by atoms with Gasteiger partial charge in [0.1, 0.15) is 0 Å². The van der Waals surface area contributed by atoms with Gasteiger partial charge >= 0.3 is 0 Å². The van der Waals surface area contributed by atoms with Crippen LogP contribution in [0.25, 0.3) is 0 Å². The van der Waals surface area contributed by atoms with Gasteiger partial charge in [0.2, 0.25) is 11.8 Å². The van der Waals surface area contributed by atoms with Crippen LogP contribution in [0, 0.1) is 6.92 Å². The molecule has 2 N–H and O–H groups in total. The third-order valence-corrected chi connectivity index (χ3v) is 4.55. The topological polar surface area (TPSA) is 58.2 Å². The summed E-state index contributed by atoms with van der Waals surface area (Å²) in [6.45, 7) is 2.55. The Morgan fingerprint density at radius 1 is 1.33 bits per heavy atom. The van der Waals surface area contributed by atoms with Crippen LogP contribution < -0.4 is 10.6 Å². The van der Waals surface area contributed by atoms with Gasteiger partial charge in [0.25, 0.3) is 0 Å². The molecule has 5 heteroatoms. The number of para-hydroxylation sites is 1. The van der Waals surface area contributed by atoms with Crippen LogP contribution in [0.5, 0.6) is 0 Å². The maximum absolute atomic E-state index is 12.4. The number of amides is 2. The standard InChI is InChI=1S/C16H16N2O2S/c1-10-6-7-11(21-10)9-17-16(20)13-8-15(19)18-14-5-3-2-4-12(13)14/h2-7,13H,8-9H2,1H3,(H,17,20)(H,18,19). The van der Waals surface area contributed by atoms with Gasteiger partial charge in [0.15, 0.2) is 0 Å². The first-order valence-electron chi connectivity index (χ1n) is 6.85. The number of fused-ring (bicyclic) bond motifs is 1. The van der Waals surface area contributed by atoms with Crippen LogP contribution in [-0.2, 0) is 16.1 Å². The molecule has 0 fully saturated rings. The summed E-state index contributed by atoms with van der Waals surface area (Å²) in [7, 11) is 0. The second-order valence-electron chi connectivity index (χ2n) is 5.12. The fraction of sp³-hybridized carbons (Fsp3) is 0.250. The molecule has 1 unspecified atom stereocenters. The van der Waals surface area contributed by atoms with Gasteiger partial charge in [0.05, 0.1) is 12.5 Å². The fourth-order valence-corrected chi connectivity index (χ4v) is 3.35. The van der Waals surface area contributed by atoms with E-state index >= 15 is 0 Å². The molecule has 2 aromatic rings. The van der Waals surface area contributed by atoms with E-state index in [-0.39, 0.29) is 18.2 Å². The van der Waals surface area contributed by atoms with E-state index in [0.29, 0.717) is 6.54 Å². The summed E-state index contributed by atoms with van der Waals surface area (Å²) in [6, 6.07) is 11.5. The third kappa shape index (κ3) is 2.97. The quantitative estimate of drug-likeness (QED) is 0.915. The molecule has 0 saturated carbocycles. The molecule has 1 aliphatic rings. The number of hydrogen-bond acceptors (Lipinski definition) is 3. The van der Waals surface area contributed by atoms with Crippen molar-refractivity contribution in [3.8, 4) is 0 Å². The highest BCUT2D eigenvalue weighted by molar-refractivity contribution is 7.11. The smallest absolute Gasteiger partial charge is 0.228 e. The number of anilines is 1. The van der Waals surface area contributed by atoms with Crippen LogP contribution in [0.3, 0.4) is 0 Å². The van der Waals surface area contributed by atoms with E-state index in [4.69, 9.17) is 0 Å². The molecule has 4 nitrogen and oxygen atoms in total. The molecule has 0 bridgehead atoms. The summed E-state index contributed by atoms with van der Waals surface area (Å²) < 4.78 is 0. The minimum Gasteiger partial charge on any atom is -0.351 e. The molecule has 2 heterocycles. The molecule has 0 spiro atoms. The molecule has 1 aromatic heterocycles. The Kier molecular flexibility index (Phi) is 3.75. The second-order valence-corrected chi connectivity index (χ2v) is 6.49. The van der Waals surface area contributed by atoms with E-state index < -0.39 is 5.92 Å². The van der Waals surface area contributed by atoms with Crippen LogP contribution in [0.1, 0.15) is 27.7 Å². The predicted molar refractivity (Wildman–Crippen MR) is 83.3 cm³/mol. The third-order valence-electron chi connectivity index (χ3n) is 3.55. The van der Waals surface area contributed by atoms with Crippen molar-refractivity contribution < 1.29 is 9.59 Å². The average Bonchev–Trinajstić information content (AvgIpc) is 2.89. The normalized spacial score (nSPS) is 17.0. The highest BCUT2D eigenvalue weighted by atomic mass is 32.1. The Bertz CT molecular complexity index is 693. The molecule has 3 rings (SSSR count). The first-order chi connectivity index (χ1) is 10.1. The molecule has 21 heavy (non-hydrogen) atoms. The zero-order valence-corrected chi connectivity index (χ0v) is 12.5. The predicted octanol–water partition coefficient (Wildman–Crippen LogP) is 2.80. The van der Waals surface area contributed by atoms with Crippen molar-refractivity contribution in [2.45, 2.75) is 25.8 Å². The number of benzene rings is 1. The maximum atomic E-state index is 12.4. The number of thiophene rings is 1. The average molecular weight is 300 g/mol. The van der Waals surface area contributed by atoms with Crippen molar-refractivity contribution in [1.29, 1.82) is 0 Å². The summed E-state index contributed by atoms with van der Waals surface area (Å²) in [4.78, 5) is 26.5. The number of aryl methyl sites for hydroxylation is 1. The lowest BCUT2D eigenvalue weighted by Crippen LogP contribution is -2.34. The van der Waals surface area contributed by atoms with Gasteiger partial charge < -0.3 is 10.6 Å². The SMILES string of the molecule is Cc1ccc(CNC(=O)C2CC(=O)Nc3ccccc32)s1. The Balaban J connectivity index is 1.74. The van der Waals surface area contributed by atoms with Crippen molar-refractivity contribution in [2.24, 2.45) is 0 Å². The lowest BCUT2D eigenvalue weighted by molar-refractivity contribution is -0.126. The molecule has 0 radical (unpaired) electrons. The van der Waals surface area contributed by atoms with Gasteiger partial charge in [-0.25, -0.2) is 0 Å². The summed E-state index contributed by atoms with van der Waals surface area (Å²) in [5, 5.41) is 5.74. The van der Waals surface area contributed by atoms with Crippen LogP contribution in [0.15, 0.2) is 36.4 Å². The summed E-state index contributed by atoms with van der Waals surface area (Å²) in [6.07, 6.45) is 0.201. The zero-order chi connectivity index (χ0) is 14.8. The molecule has 108 valence electrons. The van der Waals surface area contributed by atoms with Gasteiger partial charge in [-0.05, 0) is 30.7 Å². The van der Waals surface area contributed by atoms with Crippen LogP contribution in [0.4, 0.5) is 5.69 Å². The molecule has 1 aromatic carbocycles. The fourth-order valence-electron chi connectivity index (χ4n) is 2.52. The van der Waals surface area contributed by atoms with E-state index in [1.165, 1.54) is 4.88 Å². The molecule has 0 saturated heterocycles. The number of hydrogen-bond donors (Lipinski definition) is 2. The zero-order valence-electron chi connectivity index (χ0n) is 11.7. The molecular formula is C16H16N2O2S. The van der Waals surface area contributed by atoms with Crippen molar-refractivity contribution in [3.05, 3.63) is 51.7 Å². The molecule has 1 aliphatic heterocycles. The monoisotopic (exact) mass is 300 g/mol. The minimum atomic E-state index is -0.406. The maximum Gasteiger partial charge on any atom is 0.228 e. The highest BCUT2D eigenvalue weighted by Gasteiger charge is 2.30.